The molecule has 0 N–H and O–H groups in total. The number of carbonyl (C=O) groups excluding carboxylic acids is 1. The maximum Gasteiger partial charge on any atom is 0.246 e. The van der Waals surface area contributed by atoms with Crippen LogP contribution in [0, 0.1) is 11.8 Å². The Morgan fingerprint density at radius 2 is 2.00 bits per heavy atom. The Morgan fingerprint density at radius 1 is 1.24 bits per heavy atom. The molecule has 3 heteroatoms. The molecule has 0 spiro atoms. The molecule has 2 rings (SSSR count). The summed E-state index contributed by atoms with van der Waals surface area (Å²) in [5.41, 5.74) is 0. The average Bonchev–Trinajstić information content (AvgIpc) is 2.40. The minimum Gasteiger partial charge on any atom is -0.273 e. The molecule has 1 saturated carbocycles. The Balaban J connectivity index is 1.76. The van der Waals surface area contributed by atoms with Crippen molar-refractivity contribution in [2.24, 2.45) is 11.8 Å². The first-order valence-corrected chi connectivity index (χ1v) is 7.20. The second-order valence-corrected chi connectivity index (χ2v) is 5.62. The predicted molar refractivity (Wildman–Crippen MR) is 67.3 cm³/mol. The molecule has 17 heavy (non-hydrogen) atoms. The first kappa shape index (κ1) is 12.9. The van der Waals surface area contributed by atoms with Crippen molar-refractivity contribution in [1.82, 2.24) is 5.06 Å². The summed E-state index contributed by atoms with van der Waals surface area (Å²) in [5.74, 6) is 1.48. The third-order valence-electron chi connectivity index (χ3n) is 4.23. The van der Waals surface area contributed by atoms with Gasteiger partial charge in [-0.2, -0.15) is 0 Å². The van der Waals surface area contributed by atoms with Gasteiger partial charge in [-0.15, -0.1) is 0 Å². The molecule has 1 aliphatic carbocycles. The van der Waals surface area contributed by atoms with Gasteiger partial charge in [-0.3, -0.25) is 9.63 Å². The zero-order valence-corrected chi connectivity index (χ0v) is 11.0. The van der Waals surface area contributed by atoms with Crippen molar-refractivity contribution < 1.29 is 9.63 Å². The van der Waals surface area contributed by atoms with Crippen LogP contribution < -0.4 is 0 Å². The highest BCUT2D eigenvalue weighted by molar-refractivity contribution is 5.75. The second kappa shape index (κ2) is 6.39. The number of amides is 1. The summed E-state index contributed by atoms with van der Waals surface area (Å²) >= 11 is 0. The summed E-state index contributed by atoms with van der Waals surface area (Å²) in [5, 5.41) is 1.60. The number of hydroxylamine groups is 2. The molecule has 1 atom stereocenters. The summed E-state index contributed by atoms with van der Waals surface area (Å²) in [6.07, 6.45) is 9.56. The van der Waals surface area contributed by atoms with Gasteiger partial charge in [0.2, 0.25) is 5.91 Å². The van der Waals surface area contributed by atoms with Gasteiger partial charge in [-0.05, 0) is 24.7 Å². The van der Waals surface area contributed by atoms with Gasteiger partial charge in [0.05, 0.1) is 6.61 Å². The van der Waals surface area contributed by atoms with E-state index in [1.165, 1.54) is 32.1 Å². The van der Waals surface area contributed by atoms with Gasteiger partial charge in [0.15, 0.2) is 0 Å². The van der Waals surface area contributed by atoms with Gasteiger partial charge in [-0.25, -0.2) is 5.06 Å². The van der Waals surface area contributed by atoms with E-state index in [0.29, 0.717) is 18.9 Å². The highest BCUT2D eigenvalue weighted by atomic mass is 16.7. The third-order valence-corrected chi connectivity index (χ3v) is 4.23. The second-order valence-electron chi connectivity index (χ2n) is 5.62. The maximum atomic E-state index is 12.1. The number of hydrogen-bond donors (Lipinski definition) is 0. The molecule has 3 nitrogen and oxygen atoms in total. The average molecular weight is 239 g/mol. The van der Waals surface area contributed by atoms with E-state index in [1.54, 1.807) is 5.06 Å². The van der Waals surface area contributed by atoms with E-state index >= 15 is 0 Å². The van der Waals surface area contributed by atoms with Gasteiger partial charge in [0.1, 0.15) is 0 Å². The minimum absolute atomic E-state index is 0.197. The molecule has 1 amide bonds. The van der Waals surface area contributed by atoms with Gasteiger partial charge < -0.3 is 0 Å². The normalized spacial score (nSPS) is 24.6. The predicted octanol–water partition coefficient (Wildman–Crippen LogP) is 3.15. The van der Waals surface area contributed by atoms with Crippen LogP contribution in [0.4, 0.5) is 0 Å². The summed E-state index contributed by atoms with van der Waals surface area (Å²) in [6.45, 7) is 3.73. The van der Waals surface area contributed by atoms with E-state index in [0.717, 1.165) is 25.3 Å². The van der Waals surface area contributed by atoms with Crippen molar-refractivity contribution in [3.05, 3.63) is 0 Å². The van der Waals surface area contributed by atoms with Crippen molar-refractivity contribution >= 4 is 5.91 Å². The van der Waals surface area contributed by atoms with E-state index in [-0.39, 0.29) is 5.91 Å². The monoisotopic (exact) mass is 239 g/mol. The summed E-state index contributed by atoms with van der Waals surface area (Å²) in [7, 11) is 0. The zero-order valence-electron chi connectivity index (χ0n) is 11.0. The molecular formula is C14H25NO2. The van der Waals surface area contributed by atoms with E-state index < -0.39 is 0 Å². The quantitative estimate of drug-likeness (QED) is 0.757. The number of rotatable bonds is 3. The van der Waals surface area contributed by atoms with Crippen LogP contribution in [0.5, 0.6) is 0 Å². The van der Waals surface area contributed by atoms with Crippen molar-refractivity contribution in [1.29, 1.82) is 0 Å². The summed E-state index contributed by atoms with van der Waals surface area (Å²) < 4.78 is 0. The molecule has 2 aliphatic rings. The highest BCUT2D eigenvalue weighted by Gasteiger charge is 2.25. The number of carbonyl (C=O) groups is 1. The molecule has 0 unspecified atom stereocenters. The Kier molecular flexibility index (Phi) is 4.84. The molecule has 0 aromatic rings. The van der Waals surface area contributed by atoms with Crippen LogP contribution in [0.15, 0.2) is 0 Å². The summed E-state index contributed by atoms with van der Waals surface area (Å²) in [6, 6.07) is 0. The largest absolute Gasteiger partial charge is 0.273 e. The minimum atomic E-state index is 0.197. The Bertz CT molecular complexity index is 243. The van der Waals surface area contributed by atoms with Crippen LogP contribution in [0.25, 0.3) is 0 Å². The molecule has 1 heterocycles. The lowest BCUT2D eigenvalue weighted by molar-refractivity contribution is -0.198. The van der Waals surface area contributed by atoms with Crippen molar-refractivity contribution in [3.63, 3.8) is 0 Å². The fourth-order valence-corrected chi connectivity index (χ4v) is 3.04. The SMILES string of the molecule is C[C@@H](CC(=O)N1CCCCO1)C1CCCCC1. The lowest BCUT2D eigenvalue weighted by atomic mass is 9.79. The molecule has 2 fully saturated rings. The van der Waals surface area contributed by atoms with Crippen LogP contribution in [0.3, 0.4) is 0 Å². The lowest BCUT2D eigenvalue weighted by Crippen LogP contribution is -2.37. The van der Waals surface area contributed by atoms with Crippen molar-refractivity contribution in [3.8, 4) is 0 Å². The van der Waals surface area contributed by atoms with Crippen LogP contribution >= 0.6 is 0 Å². The Hall–Kier alpha value is -0.570. The molecular weight excluding hydrogens is 214 g/mol. The zero-order chi connectivity index (χ0) is 12.1. The van der Waals surface area contributed by atoms with Crippen molar-refractivity contribution in [2.45, 2.75) is 58.3 Å². The van der Waals surface area contributed by atoms with Crippen LogP contribution in [-0.2, 0) is 9.63 Å². The Morgan fingerprint density at radius 3 is 2.65 bits per heavy atom. The highest BCUT2D eigenvalue weighted by Crippen LogP contribution is 2.31. The smallest absolute Gasteiger partial charge is 0.246 e. The molecule has 0 aromatic heterocycles. The first-order valence-electron chi connectivity index (χ1n) is 7.20. The molecule has 1 saturated heterocycles. The number of nitrogens with zero attached hydrogens (tertiary/aromatic N) is 1. The topological polar surface area (TPSA) is 29.5 Å². The van der Waals surface area contributed by atoms with E-state index in [1.807, 2.05) is 0 Å². The van der Waals surface area contributed by atoms with Crippen LogP contribution in [0.2, 0.25) is 0 Å². The fraction of sp³-hybridized carbons (Fsp3) is 0.929. The molecule has 0 bridgehead atoms. The Labute approximate surface area is 104 Å². The molecule has 0 aromatic carbocycles. The standard InChI is InChI=1S/C14H25NO2/c1-12(13-7-3-2-4-8-13)11-14(16)15-9-5-6-10-17-15/h12-13H,2-11H2,1H3/t12-/m0/s1. The molecule has 1 aliphatic heterocycles. The van der Waals surface area contributed by atoms with Gasteiger partial charge >= 0.3 is 0 Å². The third kappa shape index (κ3) is 3.70. The maximum absolute atomic E-state index is 12.1. The van der Waals surface area contributed by atoms with Crippen molar-refractivity contribution in [2.75, 3.05) is 13.2 Å². The first-order chi connectivity index (χ1) is 8.27. The lowest BCUT2D eigenvalue weighted by Gasteiger charge is -2.30. The van der Waals surface area contributed by atoms with Gasteiger partial charge in [0, 0.05) is 13.0 Å². The molecule has 98 valence electrons. The van der Waals surface area contributed by atoms with Gasteiger partial charge in [0.25, 0.3) is 0 Å². The fourth-order valence-electron chi connectivity index (χ4n) is 3.04. The van der Waals surface area contributed by atoms with E-state index in [4.69, 9.17) is 4.84 Å². The summed E-state index contributed by atoms with van der Waals surface area (Å²) in [4.78, 5) is 17.5. The molecule has 0 radical (unpaired) electrons. The van der Waals surface area contributed by atoms with Crippen LogP contribution in [-0.4, -0.2) is 24.1 Å². The van der Waals surface area contributed by atoms with E-state index in [9.17, 15) is 4.79 Å². The van der Waals surface area contributed by atoms with Crippen LogP contribution in [0.1, 0.15) is 58.3 Å². The van der Waals surface area contributed by atoms with Gasteiger partial charge in [-0.1, -0.05) is 39.0 Å². The number of hydrogen-bond acceptors (Lipinski definition) is 2. The van der Waals surface area contributed by atoms with E-state index in [2.05, 4.69) is 6.92 Å².